The van der Waals surface area contributed by atoms with Gasteiger partial charge in [-0.3, -0.25) is 0 Å². The Kier molecular flexibility index (Phi) is 16.9. The summed E-state index contributed by atoms with van der Waals surface area (Å²) in [5, 5.41) is 19.7. The summed E-state index contributed by atoms with van der Waals surface area (Å²) >= 11 is -11.9. The number of aromatic nitrogens is 6. The summed E-state index contributed by atoms with van der Waals surface area (Å²) in [7, 11) is 32.2. The van der Waals surface area contributed by atoms with E-state index >= 15 is 0 Å². The molecule has 0 spiro atoms. The molecule has 12 aliphatic heterocycles. The molecule has 18 bridgehead atoms. The fourth-order valence-electron chi connectivity index (χ4n) is 21.9. The van der Waals surface area contributed by atoms with E-state index in [1.807, 2.05) is 181 Å². The van der Waals surface area contributed by atoms with Gasteiger partial charge in [-0.1, -0.05) is 0 Å². The average Bonchev–Trinajstić information content (AvgIpc) is 1.53. The van der Waals surface area contributed by atoms with Gasteiger partial charge in [-0.05, 0) is 0 Å². The summed E-state index contributed by atoms with van der Waals surface area (Å²) in [6, 6.07) is 116. The van der Waals surface area contributed by atoms with Crippen molar-refractivity contribution in [2.24, 2.45) is 89.9 Å². The van der Waals surface area contributed by atoms with Crippen molar-refractivity contribution in [1.29, 1.82) is 0 Å². The molecule has 22 aromatic rings. The number of hydrogen-bond donors (Lipinski definition) is 0. The minimum atomic E-state index is -5.21. The van der Waals surface area contributed by atoms with Crippen molar-refractivity contribution >= 4 is 303 Å². The van der Waals surface area contributed by atoms with Crippen molar-refractivity contribution in [3.63, 3.8) is 0 Å². The molecule has 18 heterocycles. The third-order valence-corrected chi connectivity index (χ3v) is 52.0. The van der Waals surface area contributed by atoms with E-state index in [0.29, 0.717) is 115 Å². The molecule has 6 aromatic heterocycles. The molecule has 0 N–H and O–H groups in total. The van der Waals surface area contributed by atoms with Gasteiger partial charge >= 0.3 is 849 Å². The number of aliphatic imine (C=N–C) groups is 12. The van der Waals surface area contributed by atoms with Gasteiger partial charge in [0.1, 0.15) is 0 Å². The van der Waals surface area contributed by atoms with Crippen LogP contribution in [-0.2, 0) is 0 Å². The molecule has 0 saturated heterocycles. The zero-order valence-corrected chi connectivity index (χ0v) is 85.7. The number of fused-ring (bicyclic) bond motifs is 46. The number of nitrogens with zero attached hydrogens (tertiary/aromatic N) is 24. The molecule has 24 nitrogen and oxygen atoms in total. The van der Waals surface area contributed by atoms with E-state index in [0.717, 1.165) is 197 Å². The van der Waals surface area contributed by atoms with Crippen LogP contribution in [0.4, 0.5) is 34.9 Å². The molecule has 12 aliphatic rings. The van der Waals surface area contributed by atoms with Crippen LogP contribution in [0.3, 0.4) is 0 Å². The first-order valence-corrected chi connectivity index (χ1v) is 68.5. The quantitative estimate of drug-likeness (QED) is 0.128. The standard InChI is InChI=1S/C48H24N8.2C32H16N8.4ClH.3Sn/c1-2-10-26-18-34-33(17-25(26)9-1)41-49-42(34)54-44-37-21-29-13-5-6-14-30(29)22-38(37)46(51-44)56-48-40-24-32-16-8-7-15-31(32)23-39(40)47(52-48)55-45-36-20-28-12-4-3-11-27(28)19-35(36)43(50-45)53-41;2*1-2-10-18-17(9-1)25-33-26(18)38-28-21-13-5-6-14-22(21)30(35-28)40-32-24-16-8-7-15-23(24)31(36-32)39-29-20-12-4-3-11-19(20)27(34-29)37-25;;;;;;;/h1-24H;2*1-16H;4*1H;;;/q3*-2;;;;;+2;2*+4/p-4. The molecule has 16 aromatic carbocycles. The minimum absolute atomic E-state index is 0.540. The predicted octanol–water partition coefficient (Wildman–Crippen LogP) is 20.8. The Labute approximate surface area is 841 Å². The van der Waals surface area contributed by atoms with Crippen molar-refractivity contribution in [2.75, 3.05) is 0 Å². The molecular weight excluding hydrogens is 2180 g/mol. The van der Waals surface area contributed by atoms with Crippen LogP contribution < -0.4 is 32.9 Å². The first-order valence-electron chi connectivity index (χ1n) is 46.4. The van der Waals surface area contributed by atoms with E-state index in [1.54, 1.807) is 0 Å². The number of hydrogen-bond acceptors (Lipinski definition) is 18. The topological polar surface area (TPSA) is 252 Å². The van der Waals surface area contributed by atoms with Crippen LogP contribution in [0.15, 0.2) is 430 Å². The van der Waals surface area contributed by atoms with Crippen molar-refractivity contribution in [2.45, 2.75) is 0 Å². The second-order valence-corrected chi connectivity index (χ2v) is 67.0. The third-order valence-electron chi connectivity index (χ3n) is 28.4. The number of amidine groups is 12. The van der Waals surface area contributed by atoms with Crippen LogP contribution in [0, 0.1) is 0 Å². The summed E-state index contributed by atoms with van der Waals surface area (Å²) < 4.78 is 12.6. The number of halogens is 4. The Morgan fingerprint density at radius 1 is 0.154 bits per heavy atom. The van der Waals surface area contributed by atoms with Crippen molar-refractivity contribution in [1.82, 2.24) is 16.7 Å². The summed E-state index contributed by atoms with van der Waals surface area (Å²) in [4.78, 5) is 94.3. The van der Waals surface area contributed by atoms with Gasteiger partial charge in [0, 0.05) is 0 Å². The van der Waals surface area contributed by atoms with E-state index in [4.69, 9.17) is 126 Å². The predicted molar refractivity (Wildman–Crippen MR) is 577 cm³/mol. The molecule has 0 saturated carbocycles. The van der Waals surface area contributed by atoms with Crippen LogP contribution in [0.5, 0.6) is 0 Å². The van der Waals surface area contributed by atoms with Crippen molar-refractivity contribution in [3.8, 4) is 0 Å². The van der Waals surface area contributed by atoms with Crippen LogP contribution in [-0.4, -0.2) is 142 Å². The Morgan fingerprint density at radius 3 is 0.629 bits per heavy atom. The monoisotopic (exact) mass is 2240 g/mol. The van der Waals surface area contributed by atoms with E-state index in [9.17, 15) is 0 Å². The summed E-state index contributed by atoms with van der Waals surface area (Å²) in [5.41, 5.74) is 15.2. The van der Waals surface area contributed by atoms with Gasteiger partial charge in [0.25, 0.3) is 0 Å². The normalized spacial score (nSPS) is 16.1. The Balaban J connectivity index is 0.0000000985. The molecular formula is C112H56Cl4N24Sn3. The molecule has 0 aliphatic carbocycles. The number of rotatable bonds is 0. The van der Waals surface area contributed by atoms with E-state index in [-0.39, 0.29) is 0 Å². The third kappa shape index (κ3) is 11.7. The SMILES string of the molecule is [Cl][Sn]1([Cl])[n]2c3c4cc5ccccc5cc4c2N=C2N=C(N=c4c5cc6ccccc6cc5c([n]41)=NC1=NC(=N3)c3cc4ccccc4cc31)c1cc3ccccc3cc12.[Cl][Sn]1([Cl])[n]2c3c4ccccc4c2N=C2N=C(N=c4c5ccccc5c([n]41)=NC1=NC(=N3)c3ccccc31)c1ccccc12.c1ccc2c(c1)C1=NC2=Nc2c3ccccc3c3[n]2[Sn][n]2c(c4ccccc4c2=NC2=NC(=N3)c3ccccc32)=N1. The number of benzene rings is 16. The van der Waals surface area contributed by atoms with E-state index < -0.39 is 55.0 Å². The van der Waals surface area contributed by atoms with Gasteiger partial charge in [-0.25, -0.2) is 0 Å². The fourth-order valence-corrected chi connectivity index (χ4v) is 44.9. The van der Waals surface area contributed by atoms with Gasteiger partial charge in [-0.15, -0.1) is 0 Å². The van der Waals surface area contributed by atoms with Crippen LogP contribution >= 0.6 is 35.7 Å². The van der Waals surface area contributed by atoms with Crippen LogP contribution in [0.1, 0.15) is 66.8 Å². The molecule has 0 unspecified atom stereocenters. The fraction of sp³-hybridized carbons (Fsp3) is 0. The molecule has 0 atom stereocenters. The van der Waals surface area contributed by atoms with Gasteiger partial charge in [0.2, 0.25) is 0 Å². The Hall–Kier alpha value is -15.8. The molecule has 34 rings (SSSR count). The summed E-state index contributed by atoms with van der Waals surface area (Å²) in [6.07, 6.45) is 0. The Bertz CT molecular complexity index is 10300. The molecule has 0 amide bonds. The Morgan fingerprint density at radius 2 is 0.343 bits per heavy atom. The van der Waals surface area contributed by atoms with Crippen molar-refractivity contribution in [3.05, 3.63) is 439 Å². The van der Waals surface area contributed by atoms with Gasteiger partial charge in [0.05, 0.1) is 0 Å². The van der Waals surface area contributed by atoms with E-state index in [2.05, 4.69) is 175 Å². The average molecular weight is 2240 g/mol. The van der Waals surface area contributed by atoms with Gasteiger partial charge < -0.3 is 0 Å². The summed E-state index contributed by atoms with van der Waals surface area (Å²) in [5.74, 6) is 11.2. The molecule has 143 heavy (non-hydrogen) atoms. The van der Waals surface area contributed by atoms with Crippen molar-refractivity contribution < 1.29 is 0 Å². The van der Waals surface area contributed by atoms with Crippen LogP contribution in [0.2, 0.25) is 0 Å². The van der Waals surface area contributed by atoms with Gasteiger partial charge in [0.15, 0.2) is 0 Å². The summed E-state index contributed by atoms with van der Waals surface area (Å²) in [6.45, 7) is 0. The maximum atomic E-state index is 8.28. The molecule has 664 valence electrons. The maximum absolute atomic E-state index is 8.28. The first kappa shape index (κ1) is 80.9. The second kappa shape index (κ2) is 29.9. The van der Waals surface area contributed by atoms with Crippen LogP contribution in [0.25, 0.3) is 108 Å². The first-order chi connectivity index (χ1) is 70.3. The molecule has 2 radical (unpaired) electrons. The zero-order valence-electron chi connectivity index (χ0n) is 74.1. The zero-order chi connectivity index (χ0) is 93.8. The van der Waals surface area contributed by atoms with Gasteiger partial charge in [-0.2, -0.15) is 0 Å². The molecule has 0 fully saturated rings. The second-order valence-electron chi connectivity index (χ2n) is 36.3. The molecule has 31 heteroatoms. The van der Waals surface area contributed by atoms with E-state index in [1.165, 1.54) is 0 Å².